The molecule has 0 unspecified atom stereocenters. The Morgan fingerprint density at radius 1 is 1.19 bits per heavy atom. The fourth-order valence-corrected chi connectivity index (χ4v) is 3.65. The molecule has 4 rings (SSSR count). The maximum atomic E-state index is 12.2. The number of aromatic nitrogens is 5. The number of esters is 1. The second kappa shape index (κ2) is 8.55. The van der Waals surface area contributed by atoms with Gasteiger partial charge in [0.25, 0.3) is 5.56 Å². The Hall–Kier alpha value is -3.75. The van der Waals surface area contributed by atoms with Crippen LogP contribution in [0.5, 0.6) is 0 Å². The molecule has 0 aliphatic heterocycles. The van der Waals surface area contributed by atoms with Crippen molar-refractivity contribution in [3.63, 3.8) is 0 Å². The van der Waals surface area contributed by atoms with E-state index < -0.39 is 0 Å². The van der Waals surface area contributed by atoms with Gasteiger partial charge in [0, 0.05) is 19.2 Å². The number of carbonyl (C=O) groups excluding carboxylic acids is 1. The van der Waals surface area contributed by atoms with Crippen LogP contribution in [0.1, 0.15) is 40.5 Å². The molecule has 9 heteroatoms. The van der Waals surface area contributed by atoms with Gasteiger partial charge < -0.3 is 9.26 Å². The van der Waals surface area contributed by atoms with E-state index in [4.69, 9.17) is 9.26 Å². The second-order valence-corrected chi connectivity index (χ2v) is 7.43. The summed E-state index contributed by atoms with van der Waals surface area (Å²) in [5.41, 5.74) is 3.98. The number of pyridine rings is 1. The van der Waals surface area contributed by atoms with Crippen LogP contribution in [-0.4, -0.2) is 30.9 Å². The zero-order valence-electron chi connectivity index (χ0n) is 17.6. The monoisotopic (exact) mass is 421 g/mol. The van der Waals surface area contributed by atoms with Gasteiger partial charge in [-0.1, -0.05) is 35.5 Å². The van der Waals surface area contributed by atoms with Crippen LogP contribution in [0.15, 0.2) is 39.6 Å². The number of H-pyrrole nitrogens is 1. The molecule has 4 aromatic rings. The molecule has 0 fully saturated rings. The molecule has 9 nitrogen and oxygen atoms in total. The number of nitrogens with zero attached hydrogens (tertiary/aromatic N) is 4. The summed E-state index contributed by atoms with van der Waals surface area (Å²) in [5, 5.41) is 7.13. The number of ether oxygens (including phenoxy) is 1. The van der Waals surface area contributed by atoms with E-state index in [1.54, 1.807) is 11.7 Å². The highest BCUT2D eigenvalue weighted by molar-refractivity contribution is 5.80. The summed E-state index contributed by atoms with van der Waals surface area (Å²) in [4.78, 5) is 33.2. The first-order valence-corrected chi connectivity index (χ1v) is 9.98. The SMILES string of the molecule is Cc1nc2c(c(C)c1CCC(=O)OCc1noc(Cc3ccccc3)n1)c(=O)[nH]n2C. The van der Waals surface area contributed by atoms with Gasteiger partial charge in [-0.05, 0) is 37.0 Å². The Labute approximate surface area is 178 Å². The van der Waals surface area contributed by atoms with Gasteiger partial charge in [-0.25, -0.2) is 4.98 Å². The third-order valence-corrected chi connectivity index (χ3v) is 5.23. The molecule has 160 valence electrons. The molecule has 0 amide bonds. The Morgan fingerprint density at radius 2 is 1.97 bits per heavy atom. The van der Waals surface area contributed by atoms with Crippen molar-refractivity contribution in [3.05, 3.63) is 74.8 Å². The lowest BCUT2D eigenvalue weighted by molar-refractivity contribution is -0.145. The van der Waals surface area contributed by atoms with Crippen molar-refractivity contribution in [2.24, 2.45) is 7.05 Å². The molecule has 0 saturated carbocycles. The summed E-state index contributed by atoms with van der Waals surface area (Å²) >= 11 is 0. The van der Waals surface area contributed by atoms with Gasteiger partial charge in [-0.2, -0.15) is 4.98 Å². The Balaban J connectivity index is 1.35. The number of hydrogen-bond acceptors (Lipinski definition) is 7. The molecular weight excluding hydrogens is 398 g/mol. The lowest BCUT2D eigenvalue weighted by Crippen LogP contribution is -2.09. The van der Waals surface area contributed by atoms with Crippen molar-refractivity contribution in [1.29, 1.82) is 0 Å². The standard InChI is InChI=1S/C22H23N5O4/c1-13-16(14(2)23-21-20(13)22(29)25-27(21)3)9-10-19(28)30-12-17-24-18(31-26-17)11-15-7-5-4-6-8-15/h4-8H,9-12H2,1-3H3,(H,25,29). The molecule has 1 aromatic carbocycles. The van der Waals surface area contributed by atoms with Gasteiger partial charge in [-0.3, -0.25) is 19.4 Å². The van der Waals surface area contributed by atoms with E-state index in [0.29, 0.717) is 35.6 Å². The Morgan fingerprint density at radius 3 is 2.74 bits per heavy atom. The Kier molecular flexibility index (Phi) is 5.66. The van der Waals surface area contributed by atoms with E-state index in [-0.39, 0.29) is 24.6 Å². The van der Waals surface area contributed by atoms with Crippen LogP contribution in [0.4, 0.5) is 0 Å². The van der Waals surface area contributed by atoms with E-state index in [1.165, 1.54) is 0 Å². The van der Waals surface area contributed by atoms with Crippen LogP contribution in [0.3, 0.4) is 0 Å². The van der Waals surface area contributed by atoms with Crippen LogP contribution < -0.4 is 5.56 Å². The van der Waals surface area contributed by atoms with Gasteiger partial charge in [-0.15, -0.1) is 0 Å². The van der Waals surface area contributed by atoms with Crippen LogP contribution in [0.25, 0.3) is 11.0 Å². The van der Waals surface area contributed by atoms with E-state index >= 15 is 0 Å². The van der Waals surface area contributed by atoms with Crippen LogP contribution in [0.2, 0.25) is 0 Å². The number of rotatable bonds is 7. The molecule has 0 atom stereocenters. The zero-order chi connectivity index (χ0) is 22.0. The van der Waals surface area contributed by atoms with Gasteiger partial charge in [0.05, 0.1) is 11.8 Å². The highest BCUT2D eigenvalue weighted by atomic mass is 16.5. The fraction of sp³-hybridized carbons (Fsp3) is 0.318. The minimum Gasteiger partial charge on any atom is -0.457 e. The topological polar surface area (TPSA) is 116 Å². The highest BCUT2D eigenvalue weighted by Gasteiger charge is 2.17. The Bertz CT molecular complexity index is 1290. The van der Waals surface area contributed by atoms with Gasteiger partial charge in [0.15, 0.2) is 12.3 Å². The minimum atomic E-state index is -0.379. The third kappa shape index (κ3) is 4.40. The molecular formula is C22H23N5O4. The van der Waals surface area contributed by atoms with Crippen molar-refractivity contribution in [2.45, 2.75) is 39.7 Å². The smallest absolute Gasteiger partial charge is 0.306 e. The van der Waals surface area contributed by atoms with Crippen molar-refractivity contribution >= 4 is 17.0 Å². The summed E-state index contributed by atoms with van der Waals surface area (Å²) in [6, 6.07) is 9.78. The highest BCUT2D eigenvalue weighted by Crippen LogP contribution is 2.21. The van der Waals surface area contributed by atoms with Crippen molar-refractivity contribution in [1.82, 2.24) is 24.9 Å². The molecule has 0 saturated heterocycles. The molecule has 31 heavy (non-hydrogen) atoms. The zero-order valence-corrected chi connectivity index (χ0v) is 17.6. The number of benzene rings is 1. The number of aryl methyl sites for hydroxylation is 3. The molecule has 3 heterocycles. The van der Waals surface area contributed by atoms with E-state index in [1.807, 2.05) is 44.2 Å². The summed E-state index contributed by atoms with van der Waals surface area (Å²) < 4.78 is 12.1. The largest absolute Gasteiger partial charge is 0.457 e. The molecule has 0 aliphatic carbocycles. The molecule has 1 N–H and O–H groups in total. The van der Waals surface area contributed by atoms with Crippen LogP contribution in [-0.2, 0) is 36.0 Å². The summed E-state index contributed by atoms with van der Waals surface area (Å²) in [6.45, 7) is 3.70. The second-order valence-electron chi connectivity index (χ2n) is 7.43. The minimum absolute atomic E-state index is 0.0509. The average molecular weight is 421 g/mol. The molecule has 0 bridgehead atoms. The fourth-order valence-electron chi connectivity index (χ4n) is 3.65. The van der Waals surface area contributed by atoms with Gasteiger partial charge >= 0.3 is 5.97 Å². The molecule has 0 aliphatic rings. The number of aromatic amines is 1. The number of nitrogens with one attached hydrogen (secondary N) is 1. The normalized spacial score (nSPS) is 11.2. The molecule has 3 aromatic heterocycles. The summed E-state index contributed by atoms with van der Waals surface area (Å²) in [6.07, 6.45) is 1.11. The van der Waals surface area contributed by atoms with Crippen molar-refractivity contribution in [2.75, 3.05) is 0 Å². The lowest BCUT2D eigenvalue weighted by atomic mass is 10.0. The quantitative estimate of drug-likeness (QED) is 0.456. The first kappa shape index (κ1) is 20.5. The summed E-state index contributed by atoms with van der Waals surface area (Å²) in [7, 11) is 1.75. The third-order valence-electron chi connectivity index (χ3n) is 5.23. The number of fused-ring (bicyclic) bond motifs is 1. The first-order valence-electron chi connectivity index (χ1n) is 9.98. The molecule has 0 radical (unpaired) electrons. The van der Waals surface area contributed by atoms with E-state index in [0.717, 1.165) is 22.4 Å². The first-order chi connectivity index (χ1) is 14.9. The van der Waals surface area contributed by atoms with E-state index in [9.17, 15) is 9.59 Å². The average Bonchev–Trinajstić information content (AvgIpc) is 3.30. The van der Waals surface area contributed by atoms with E-state index in [2.05, 4.69) is 20.2 Å². The predicted octanol–water partition coefficient (Wildman–Crippen LogP) is 2.53. The number of carbonyl (C=O) groups is 1. The van der Waals surface area contributed by atoms with Gasteiger partial charge in [0.1, 0.15) is 0 Å². The summed E-state index contributed by atoms with van der Waals surface area (Å²) in [5.74, 6) is 0.414. The maximum Gasteiger partial charge on any atom is 0.306 e. The lowest BCUT2D eigenvalue weighted by Gasteiger charge is -2.10. The maximum absolute atomic E-state index is 12.2. The number of hydrogen-bond donors (Lipinski definition) is 1. The predicted molar refractivity (Wildman–Crippen MR) is 112 cm³/mol. The van der Waals surface area contributed by atoms with Crippen molar-refractivity contribution in [3.8, 4) is 0 Å². The van der Waals surface area contributed by atoms with Crippen LogP contribution in [0, 0.1) is 13.8 Å². The van der Waals surface area contributed by atoms with Gasteiger partial charge in [0.2, 0.25) is 11.7 Å². The molecule has 0 spiro atoms. The van der Waals surface area contributed by atoms with Crippen LogP contribution >= 0.6 is 0 Å². The van der Waals surface area contributed by atoms with Crippen molar-refractivity contribution < 1.29 is 14.1 Å².